The molecule has 0 aromatic carbocycles. The average molecular weight is 288 g/mol. The Morgan fingerprint density at radius 3 is 2.58 bits per heavy atom. The van der Waals surface area contributed by atoms with Crippen LogP contribution in [0.4, 0.5) is 0 Å². The molecule has 2 nitrogen and oxygen atoms in total. The van der Waals surface area contributed by atoms with Crippen LogP contribution in [-0.4, -0.2) is 36.2 Å². The third kappa shape index (κ3) is 8.52. The van der Waals surface area contributed by atoms with E-state index in [1.54, 1.807) is 0 Å². The van der Waals surface area contributed by atoms with Gasteiger partial charge >= 0.3 is 0 Å². The molecular formula is C16H30ClNO. The van der Waals surface area contributed by atoms with Crippen LogP contribution in [-0.2, 0) is 0 Å². The Kier molecular flexibility index (Phi) is 8.74. The van der Waals surface area contributed by atoms with E-state index in [-0.39, 0.29) is 12.4 Å². The lowest BCUT2D eigenvalue weighted by Crippen LogP contribution is -2.24. The molecule has 19 heavy (non-hydrogen) atoms. The second-order valence-corrected chi connectivity index (χ2v) is 6.49. The van der Waals surface area contributed by atoms with Crippen molar-refractivity contribution in [2.45, 2.75) is 58.0 Å². The van der Waals surface area contributed by atoms with E-state index in [9.17, 15) is 5.11 Å². The third-order valence-electron chi connectivity index (χ3n) is 3.84. The lowest BCUT2D eigenvalue weighted by Gasteiger charge is -2.28. The summed E-state index contributed by atoms with van der Waals surface area (Å²) in [5.74, 6) is 7.72. The Morgan fingerprint density at radius 1 is 1.32 bits per heavy atom. The van der Waals surface area contributed by atoms with Crippen molar-refractivity contribution in [1.82, 2.24) is 4.90 Å². The molecule has 1 aliphatic rings. The maximum Gasteiger partial charge on any atom is 0.122 e. The Labute approximate surface area is 125 Å². The zero-order valence-corrected chi connectivity index (χ0v) is 13.7. The van der Waals surface area contributed by atoms with Crippen molar-refractivity contribution in [2.75, 3.05) is 20.6 Å². The topological polar surface area (TPSA) is 23.5 Å². The molecule has 0 aromatic rings. The fraction of sp³-hybridized carbons (Fsp3) is 0.875. The summed E-state index contributed by atoms with van der Waals surface area (Å²) in [5.41, 5.74) is -0.809. The number of hydrogen-bond acceptors (Lipinski definition) is 2. The quantitative estimate of drug-likeness (QED) is 0.802. The highest BCUT2D eigenvalue weighted by Crippen LogP contribution is 2.32. The molecule has 0 radical (unpaired) electrons. The van der Waals surface area contributed by atoms with Gasteiger partial charge in [-0.1, -0.05) is 38.0 Å². The molecule has 1 N–H and O–H groups in total. The van der Waals surface area contributed by atoms with Gasteiger partial charge in [0, 0.05) is 0 Å². The summed E-state index contributed by atoms with van der Waals surface area (Å²) in [6.45, 7) is 4.92. The minimum absolute atomic E-state index is 0. The molecule has 3 unspecified atom stereocenters. The second-order valence-electron chi connectivity index (χ2n) is 6.49. The molecule has 1 saturated carbocycles. The minimum atomic E-state index is -0.809. The molecule has 1 fully saturated rings. The van der Waals surface area contributed by atoms with E-state index in [2.05, 4.69) is 18.8 Å². The van der Waals surface area contributed by atoms with Crippen LogP contribution in [0.3, 0.4) is 0 Å². The van der Waals surface area contributed by atoms with Crippen LogP contribution in [0.2, 0.25) is 0 Å². The molecule has 0 heterocycles. The Hall–Kier alpha value is -0.230. The molecule has 0 aliphatic heterocycles. The van der Waals surface area contributed by atoms with Gasteiger partial charge in [-0.15, -0.1) is 12.4 Å². The average Bonchev–Trinajstić information content (AvgIpc) is 2.26. The molecule has 0 bridgehead atoms. The van der Waals surface area contributed by atoms with Crippen molar-refractivity contribution in [3.05, 3.63) is 0 Å². The highest BCUT2D eigenvalue weighted by Gasteiger charge is 2.23. The molecule has 3 heteroatoms. The summed E-state index contributed by atoms with van der Waals surface area (Å²) >= 11 is 0. The van der Waals surface area contributed by atoms with E-state index in [0.29, 0.717) is 0 Å². The molecule has 112 valence electrons. The largest absolute Gasteiger partial charge is 0.378 e. The first-order valence-corrected chi connectivity index (χ1v) is 7.26. The predicted octanol–water partition coefficient (Wildman–Crippen LogP) is 3.33. The molecular weight excluding hydrogens is 258 g/mol. The number of hydrogen-bond donors (Lipinski definition) is 1. The SMILES string of the molecule is CC1CCCC(CCC(C)(O)C#CCN(C)C)C1.Cl. The van der Waals surface area contributed by atoms with E-state index in [0.717, 1.165) is 31.2 Å². The molecule has 0 aromatic heterocycles. The predicted molar refractivity (Wildman–Crippen MR) is 84.6 cm³/mol. The fourth-order valence-corrected chi connectivity index (χ4v) is 2.76. The van der Waals surface area contributed by atoms with Crippen molar-refractivity contribution in [3.8, 4) is 11.8 Å². The van der Waals surface area contributed by atoms with Gasteiger partial charge in [0.05, 0.1) is 6.54 Å². The second kappa shape index (κ2) is 8.84. The lowest BCUT2D eigenvalue weighted by atomic mass is 9.79. The smallest absolute Gasteiger partial charge is 0.122 e. The van der Waals surface area contributed by atoms with Gasteiger partial charge in [-0.05, 0) is 52.1 Å². The van der Waals surface area contributed by atoms with E-state index in [4.69, 9.17) is 0 Å². The first-order chi connectivity index (χ1) is 8.39. The van der Waals surface area contributed by atoms with Gasteiger partial charge in [-0.25, -0.2) is 0 Å². The standard InChI is InChI=1S/C16H29NO.ClH/c1-14-7-5-8-15(13-14)9-11-16(2,18)10-6-12-17(3)4;/h14-15,18H,5,7-9,11-13H2,1-4H3;1H. The molecule has 0 amide bonds. The molecule has 1 rings (SSSR count). The summed E-state index contributed by atoms with van der Waals surface area (Å²) < 4.78 is 0. The lowest BCUT2D eigenvalue weighted by molar-refractivity contribution is 0.0974. The van der Waals surface area contributed by atoms with E-state index in [1.165, 1.54) is 25.7 Å². The van der Waals surface area contributed by atoms with Gasteiger partial charge in [-0.2, -0.15) is 0 Å². The van der Waals surface area contributed by atoms with Gasteiger partial charge < -0.3 is 5.11 Å². The monoisotopic (exact) mass is 287 g/mol. The van der Waals surface area contributed by atoms with Gasteiger partial charge in [0.15, 0.2) is 0 Å². The van der Waals surface area contributed by atoms with Crippen molar-refractivity contribution in [1.29, 1.82) is 0 Å². The molecule has 1 aliphatic carbocycles. The van der Waals surface area contributed by atoms with Crippen LogP contribution in [0, 0.1) is 23.7 Å². The first-order valence-electron chi connectivity index (χ1n) is 7.26. The van der Waals surface area contributed by atoms with Crippen molar-refractivity contribution >= 4 is 12.4 Å². The van der Waals surface area contributed by atoms with Crippen LogP contribution >= 0.6 is 12.4 Å². The number of aliphatic hydroxyl groups is 1. The van der Waals surface area contributed by atoms with Crippen molar-refractivity contribution in [3.63, 3.8) is 0 Å². The maximum atomic E-state index is 10.2. The van der Waals surface area contributed by atoms with Crippen LogP contribution in [0.15, 0.2) is 0 Å². The normalized spacial score (nSPS) is 26.0. The highest BCUT2D eigenvalue weighted by molar-refractivity contribution is 5.85. The Balaban J connectivity index is 0.00000324. The fourth-order valence-electron chi connectivity index (χ4n) is 2.76. The highest BCUT2D eigenvalue weighted by atomic mass is 35.5. The van der Waals surface area contributed by atoms with Crippen LogP contribution < -0.4 is 0 Å². The van der Waals surface area contributed by atoms with E-state index < -0.39 is 5.60 Å². The summed E-state index contributed by atoms with van der Waals surface area (Å²) in [7, 11) is 3.99. The number of rotatable bonds is 4. The van der Waals surface area contributed by atoms with Crippen molar-refractivity contribution < 1.29 is 5.11 Å². The van der Waals surface area contributed by atoms with Gasteiger partial charge in [-0.3, -0.25) is 4.90 Å². The summed E-state index contributed by atoms with van der Waals surface area (Å²) in [5, 5.41) is 10.2. The maximum absolute atomic E-state index is 10.2. The minimum Gasteiger partial charge on any atom is -0.378 e. The molecule has 0 spiro atoms. The summed E-state index contributed by atoms with van der Waals surface area (Å²) in [6, 6.07) is 0. The zero-order valence-electron chi connectivity index (χ0n) is 12.9. The summed E-state index contributed by atoms with van der Waals surface area (Å²) in [6.07, 6.45) is 7.35. The van der Waals surface area contributed by atoms with Crippen LogP contribution in [0.5, 0.6) is 0 Å². The molecule has 3 atom stereocenters. The summed E-state index contributed by atoms with van der Waals surface area (Å²) in [4.78, 5) is 2.02. The van der Waals surface area contributed by atoms with Crippen LogP contribution in [0.1, 0.15) is 52.4 Å². The Morgan fingerprint density at radius 2 is 2.00 bits per heavy atom. The first kappa shape index (κ1) is 18.8. The van der Waals surface area contributed by atoms with Gasteiger partial charge in [0.1, 0.15) is 5.60 Å². The van der Waals surface area contributed by atoms with Crippen LogP contribution in [0.25, 0.3) is 0 Å². The van der Waals surface area contributed by atoms with Gasteiger partial charge in [0.25, 0.3) is 0 Å². The number of nitrogens with zero attached hydrogens (tertiary/aromatic N) is 1. The zero-order chi connectivity index (χ0) is 13.6. The number of halogens is 1. The van der Waals surface area contributed by atoms with Gasteiger partial charge in [0.2, 0.25) is 0 Å². The Bertz CT molecular complexity index is 304. The third-order valence-corrected chi connectivity index (χ3v) is 3.84. The molecule has 0 saturated heterocycles. The van der Waals surface area contributed by atoms with E-state index in [1.807, 2.05) is 25.9 Å². The van der Waals surface area contributed by atoms with Crippen molar-refractivity contribution in [2.24, 2.45) is 11.8 Å². The van der Waals surface area contributed by atoms with E-state index >= 15 is 0 Å².